The largest absolute Gasteiger partial charge is 0.494 e. The average molecular weight is 308 g/mol. The molecule has 0 heterocycles. The first kappa shape index (κ1) is 17.3. The lowest BCUT2D eigenvalue weighted by Gasteiger charge is -2.14. The van der Waals surface area contributed by atoms with Crippen LogP contribution < -0.4 is 4.74 Å². The summed E-state index contributed by atoms with van der Waals surface area (Å²) in [5.41, 5.74) is 6.94. The standard InChI is InChI=1S/C22H28O/c1-5-20-9-7-8-17(3)21(16-18(20)4)13-10-19-11-14-22(15-12-19)23-6-2/h5,8,11-12,14-16H,1,6-7,9-10,13H2,2-4H3/b17-8?,20-18-,21-16-. The molecule has 1 aromatic carbocycles. The summed E-state index contributed by atoms with van der Waals surface area (Å²) in [4.78, 5) is 0. The van der Waals surface area contributed by atoms with Crippen LogP contribution in [0.2, 0.25) is 0 Å². The molecule has 1 aromatic rings. The van der Waals surface area contributed by atoms with E-state index >= 15 is 0 Å². The molecule has 0 unspecified atom stereocenters. The summed E-state index contributed by atoms with van der Waals surface area (Å²) in [6.45, 7) is 11.1. The lowest BCUT2D eigenvalue weighted by Crippen LogP contribution is -1.97. The molecule has 0 amide bonds. The molecule has 0 saturated carbocycles. The van der Waals surface area contributed by atoms with Gasteiger partial charge in [0.2, 0.25) is 0 Å². The molecule has 0 bridgehead atoms. The zero-order valence-electron chi connectivity index (χ0n) is 14.7. The van der Waals surface area contributed by atoms with Crippen LogP contribution in [0.1, 0.15) is 45.6 Å². The molecule has 23 heavy (non-hydrogen) atoms. The van der Waals surface area contributed by atoms with Crippen molar-refractivity contribution in [3.8, 4) is 5.75 Å². The second-order valence-corrected chi connectivity index (χ2v) is 6.08. The van der Waals surface area contributed by atoms with Gasteiger partial charge in [-0.3, -0.25) is 0 Å². The third-order valence-corrected chi connectivity index (χ3v) is 4.43. The monoisotopic (exact) mass is 308 g/mol. The van der Waals surface area contributed by atoms with Gasteiger partial charge < -0.3 is 4.74 Å². The molecule has 0 N–H and O–H groups in total. The Balaban J connectivity index is 2.10. The van der Waals surface area contributed by atoms with Gasteiger partial charge in [-0.2, -0.15) is 0 Å². The second-order valence-electron chi connectivity index (χ2n) is 6.08. The Morgan fingerprint density at radius 1 is 1.13 bits per heavy atom. The molecular formula is C22H28O. The highest BCUT2D eigenvalue weighted by molar-refractivity contribution is 5.42. The van der Waals surface area contributed by atoms with E-state index in [1.807, 2.05) is 13.0 Å². The van der Waals surface area contributed by atoms with Gasteiger partial charge in [-0.1, -0.05) is 42.5 Å². The molecule has 1 aliphatic rings. The first-order chi connectivity index (χ1) is 11.1. The van der Waals surface area contributed by atoms with Crippen LogP contribution in [0.25, 0.3) is 0 Å². The lowest BCUT2D eigenvalue weighted by molar-refractivity contribution is 0.340. The quantitative estimate of drug-likeness (QED) is 0.609. The molecule has 0 fully saturated rings. The Labute approximate surface area is 141 Å². The van der Waals surface area contributed by atoms with E-state index in [2.05, 4.69) is 56.8 Å². The van der Waals surface area contributed by atoms with Crippen LogP contribution in [0.4, 0.5) is 0 Å². The molecule has 0 aliphatic heterocycles. The number of hydrogen-bond donors (Lipinski definition) is 0. The number of allylic oxidation sites excluding steroid dienone is 7. The van der Waals surface area contributed by atoms with Crippen LogP contribution in [0.3, 0.4) is 0 Å². The molecule has 0 spiro atoms. The molecule has 0 saturated heterocycles. The lowest BCUT2D eigenvalue weighted by atomic mass is 9.91. The van der Waals surface area contributed by atoms with Crippen molar-refractivity contribution in [1.29, 1.82) is 0 Å². The van der Waals surface area contributed by atoms with E-state index in [1.54, 1.807) is 0 Å². The van der Waals surface area contributed by atoms with E-state index in [9.17, 15) is 0 Å². The van der Waals surface area contributed by atoms with Crippen molar-refractivity contribution in [3.63, 3.8) is 0 Å². The van der Waals surface area contributed by atoms with Gasteiger partial charge in [-0.05, 0) is 80.9 Å². The van der Waals surface area contributed by atoms with Crippen molar-refractivity contribution in [2.75, 3.05) is 6.61 Å². The summed E-state index contributed by atoms with van der Waals surface area (Å²) >= 11 is 0. The van der Waals surface area contributed by atoms with Gasteiger partial charge in [0.1, 0.15) is 5.75 Å². The van der Waals surface area contributed by atoms with Crippen molar-refractivity contribution in [3.05, 3.63) is 76.9 Å². The van der Waals surface area contributed by atoms with Crippen LogP contribution in [-0.2, 0) is 6.42 Å². The number of rotatable bonds is 6. The zero-order valence-corrected chi connectivity index (χ0v) is 14.7. The highest BCUT2D eigenvalue weighted by Crippen LogP contribution is 2.26. The van der Waals surface area contributed by atoms with Crippen LogP contribution in [0, 0.1) is 0 Å². The summed E-state index contributed by atoms with van der Waals surface area (Å²) in [6, 6.07) is 8.47. The molecule has 122 valence electrons. The van der Waals surface area contributed by atoms with Gasteiger partial charge in [0, 0.05) is 0 Å². The Morgan fingerprint density at radius 2 is 1.87 bits per heavy atom. The van der Waals surface area contributed by atoms with Crippen molar-refractivity contribution in [2.45, 2.75) is 46.5 Å². The molecule has 1 nitrogen and oxygen atoms in total. The molecule has 0 radical (unpaired) electrons. The molecular weight excluding hydrogens is 280 g/mol. The van der Waals surface area contributed by atoms with Gasteiger partial charge in [0.05, 0.1) is 6.61 Å². The number of benzene rings is 1. The maximum Gasteiger partial charge on any atom is 0.119 e. The third-order valence-electron chi connectivity index (χ3n) is 4.43. The summed E-state index contributed by atoms with van der Waals surface area (Å²) in [7, 11) is 0. The summed E-state index contributed by atoms with van der Waals surface area (Å²) in [5.74, 6) is 0.951. The summed E-state index contributed by atoms with van der Waals surface area (Å²) < 4.78 is 5.51. The molecule has 0 atom stereocenters. The molecule has 1 heteroatoms. The van der Waals surface area contributed by atoms with Crippen molar-refractivity contribution < 1.29 is 4.74 Å². The van der Waals surface area contributed by atoms with Crippen LogP contribution >= 0.6 is 0 Å². The minimum absolute atomic E-state index is 0.716. The second kappa shape index (κ2) is 8.57. The minimum Gasteiger partial charge on any atom is -0.494 e. The highest BCUT2D eigenvalue weighted by Gasteiger charge is 2.07. The SMILES string of the molecule is C=C/C1=C(C)/C=C(/CCc2ccc(OCC)cc2)C(C)=CCC1. The first-order valence-electron chi connectivity index (χ1n) is 8.55. The van der Waals surface area contributed by atoms with E-state index in [4.69, 9.17) is 4.74 Å². The predicted octanol–water partition coefficient (Wildman–Crippen LogP) is 6.19. The van der Waals surface area contributed by atoms with Gasteiger partial charge >= 0.3 is 0 Å². The fourth-order valence-electron chi connectivity index (χ4n) is 2.97. The van der Waals surface area contributed by atoms with Gasteiger partial charge in [-0.15, -0.1) is 0 Å². The Morgan fingerprint density at radius 3 is 2.52 bits per heavy atom. The number of aryl methyl sites for hydroxylation is 1. The molecule has 0 aromatic heterocycles. The predicted molar refractivity (Wildman–Crippen MR) is 99.9 cm³/mol. The fourth-order valence-corrected chi connectivity index (χ4v) is 2.97. The number of ether oxygens (including phenoxy) is 1. The summed E-state index contributed by atoms with van der Waals surface area (Å²) in [6.07, 6.45) is 11.0. The van der Waals surface area contributed by atoms with E-state index in [0.717, 1.165) is 31.4 Å². The van der Waals surface area contributed by atoms with E-state index < -0.39 is 0 Å². The average Bonchev–Trinajstić information content (AvgIpc) is 2.55. The van der Waals surface area contributed by atoms with E-state index in [-0.39, 0.29) is 0 Å². The van der Waals surface area contributed by atoms with Gasteiger partial charge in [-0.25, -0.2) is 0 Å². The van der Waals surface area contributed by atoms with Crippen molar-refractivity contribution >= 4 is 0 Å². The van der Waals surface area contributed by atoms with Gasteiger partial charge in [0.25, 0.3) is 0 Å². The van der Waals surface area contributed by atoms with Crippen LogP contribution in [0.5, 0.6) is 5.75 Å². The van der Waals surface area contributed by atoms with Crippen LogP contribution in [0.15, 0.2) is 71.4 Å². The van der Waals surface area contributed by atoms with Crippen molar-refractivity contribution in [1.82, 2.24) is 0 Å². The van der Waals surface area contributed by atoms with E-state index in [1.165, 1.54) is 27.9 Å². The third kappa shape index (κ3) is 4.99. The van der Waals surface area contributed by atoms with Crippen molar-refractivity contribution in [2.24, 2.45) is 0 Å². The Hall–Kier alpha value is -2.02. The van der Waals surface area contributed by atoms with Crippen LogP contribution in [-0.4, -0.2) is 6.61 Å². The maximum absolute atomic E-state index is 5.51. The first-order valence-corrected chi connectivity index (χ1v) is 8.55. The Bertz CT molecular complexity index is 626. The molecule has 2 rings (SSSR count). The normalized spacial score (nSPS) is 20.8. The van der Waals surface area contributed by atoms with Gasteiger partial charge in [0.15, 0.2) is 0 Å². The highest BCUT2D eigenvalue weighted by atomic mass is 16.5. The summed E-state index contributed by atoms with van der Waals surface area (Å²) in [5, 5.41) is 0. The smallest absolute Gasteiger partial charge is 0.119 e. The zero-order chi connectivity index (χ0) is 16.7. The Kier molecular flexibility index (Phi) is 6.46. The maximum atomic E-state index is 5.51. The topological polar surface area (TPSA) is 9.23 Å². The minimum atomic E-state index is 0.716. The fraction of sp³-hybridized carbons (Fsp3) is 0.364. The molecule has 1 aliphatic carbocycles. The van der Waals surface area contributed by atoms with E-state index in [0.29, 0.717) is 6.61 Å². The number of hydrogen-bond acceptors (Lipinski definition) is 1.